The van der Waals surface area contributed by atoms with Crippen molar-refractivity contribution in [2.45, 2.75) is 12.8 Å². The number of nitrogens with zero attached hydrogens (tertiary/aromatic N) is 2. The van der Waals surface area contributed by atoms with Crippen molar-refractivity contribution in [2.75, 3.05) is 0 Å². The van der Waals surface area contributed by atoms with Crippen LogP contribution in [0.3, 0.4) is 0 Å². The van der Waals surface area contributed by atoms with Gasteiger partial charge in [0, 0.05) is 16.8 Å². The maximum atomic E-state index is 11.5. The Kier molecular flexibility index (Phi) is 4.43. The van der Waals surface area contributed by atoms with Crippen LogP contribution < -0.4 is 5.73 Å². The molecule has 0 atom stereocenters. The molecule has 0 aliphatic carbocycles. The van der Waals surface area contributed by atoms with E-state index in [1.165, 1.54) is 0 Å². The van der Waals surface area contributed by atoms with Crippen molar-refractivity contribution in [3.63, 3.8) is 0 Å². The van der Waals surface area contributed by atoms with Crippen LogP contribution in [0.25, 0.3) is 11.3 Å². The molecule has 114 valence electrons. The molecule has 4 nitrogen and oxygen atoms in total. The molecule has 0 aliphatic rings. The molecule has 0 spiro atoms. The Morgan fingerprint density at radius 2 is 1.65 bits per heavy atom. The smallest absolute Gasteiger partial charge is 0.248 e. The average molecular weight is 303 g/mol. The van der Waals surface area contributed by atoms with Gasteiger partial charge in [0.25, 0.3) is 0 Å². The molecule has 23 heavy (non-hydrogen) atoms. The maximum absolute atomic E-state index is 11.5. The van der Waals surface area contributed by atoms with Gasteiger partial charge in [-0.3, -0.25) is 4.79 Å². The Hall–Kier alpha value is -3.01. The molecular formula is C19H17N3O. The van der Waals surface area contributed by atoms with Crippen LogP contribution in [0.5, 0.6) is 0 Å². The molecule has 0 saturated carbocycles. The monoisotopic (exact) mass is 303 g/mol. The van der Waals surface area contributed by atoms with Gasteiger partial charge >= 0.3 is 0 Å². The molecule has 3 aromatic rings. The quantitative estimate of drug-likeness (QED) is 0.787. The molecule has 2 N–H and O–H groups in total. The van der Waals surface area contributed by atoms with E-state index in [4.69, 9.17) is 5.73 Å². The van der Waals surface area contributed by atoms with Crippen LogP contribution in [-0.2, 0) is 12.8 Å². The lowest BCUT2D eigenvalue weighted by atomic mass is 10.0. The number of carbonyl (C=O) groups excluding carboxylic acids is 1. The highest BCUT2D eigenvalue weighted by Crippen LogP contribution is 2.17. The number of aromatic nitrogens is 2. The van der Waals surface area contributed by atoms with E-state index in [0.717, 1.165) is 28.9 Å². The maximum Gasteiger partial charge on any atom is 0.248 e. The van der Waals surface area contributed by atoms with Gasteiger partial charge < -0.3 is 5.73 Å². The summed E-state index contributed by atoms with van der Waals surface area (Å²) in [7, 11) is 0. The van der Waals surface area contributed by atoms with Crippen molar-refractivity contribution in [3.8, 4) is 11.3 Å². The van der Waals surface area contributed by atoms with Gasteiger partial charge in [0.1, 0.15) is 6.33 Å². The summed E-state index contributed by atoms with van der Waals surface area (Å²) in [6, 6.07) is 19.4. The van der Waals surface area contributed by atoms with Gasteiger partial charge in [0.2, 0.25) is 5.91 Å². The number of hydrogen-bond donors (Lipinski definition) is 1. The molecule has 3 rings (SSSR count). The van der Waals surface area contributed by atoms with Crippen molar-refractivity contribution in [1.29, 1.82) is 0 Å². The van der Waals surface area contributed by atoms with Gasteiger partial charge in [-0.1, -0.05) is 48.5 Å². The van der Waals surface area contributed by atoms with E-state index in [1.807, 2.05) is 54.6 Å². The third-order valence-electron chi connectivity index (χ3n) is 3.73. The van der Waals surface area contributed by atoms with Crippen molar-refractivity contribution in [1.82, 2.24) is 9.97 Å². The minimum atomic E-state index is -0.395. The van der Waals surface area contributed by atoms with E-state index in [0.29, 0.717) is 12.0 Å². The minimum Gasteiger partial charge on any atom is -0.366 e. The topological polar surface area (TPSA) is 68.9 Å². The SMILES string of the molecule is NC(=O)c1ccccc1CCc1cc(-c2ccccc2)ncn1. The number of benzene rings is 2. The lowest BCUT2D eigenvalue weighted by Crippen LogP contribution is -2.14. The summed E-state index contributed by atoms with van der Waals surface area (Å²) in [4.78, 5) is 20.1. The zero-order valence-electron chi connectivity index (χ0n) is 12.6. The summed E-state index contributed by atoms with van der Waals surface area (Å²) in [6.07, 6.45) is 3.02. The fourth-order valence-electron chi connectivity index (χ4n) is 2.54. The lowest BCUT2D eigenvalue weighted by molar-refractivity contribution is 0.0999. The molecule has 1 amide bonds. The van der Waals surface area contributed by atoms with Crippen molar-refractivity contribution < 1.29 is 4.79 Å². The van der Waals surface area contributed by atoms with Crippen molar-refractivity contribution in [3.05, 3.63) is 83.8 Å². The first-order valence-corrected chi connectivity index (χ1v) is 7.48. The van der Waals surface area contributed by atoms with Crippen LogP contribution >= 0.6 is 0 Å². The molecule has 0 saturated heterocycles. The van der Waals surface area contributed by atoms with Crippen molar-refractivity contribution in [2.24, 2.45) is 5.73 Å². The van der Waals surface area contributed by atoms with Crippen LogP contribution in [0, 0.1) is 0 Å². The number of rotatable bonds is 5. The molecule has 0 radical (unpaired) electrons. The molecule has 1 heterocycles. The number of nitrogens with two attached hydrogens (primary N) is 1. The summed E-state index contributed by atoms with van der Waals surface area (Å²) in [6.45, 7) is 0. The van der Waals surface area contributed by atoms with E-state index >= 15 is 0 Å². The Labute approximate surface area is 135 Å². The third kappa shape index (κ3) is 3.61. The summed E-state index contributed by atoms with van der Waals surface area (Å²) < 4.78 is 0. The van der Waals surface area contributed by atoms with Crippen LogP contribution in [0.1, 0.15) is 21.6 Å². The number of primary amides is 1. The standard InChI is InChI=1S/C19H17N3O/c20-19(23)17-9-5-4-6-14(17)10-11-16-12-18(22-13-21-16)15-7-2-1-3-8-15/h1-9,12-13H,10-11H2,(H2,20,23). The molecule has 4 heteroatoms. The van der Waals surface area contributed by atoms with Gasteiger partial charge in [0.05, 0.1) is 5.69 Å². The van der Waals surface area contributed by atoms with Gasteiger partial charge in [-0.25, -0.2) is 9.97 Å². The summed E-state index contributed by atoms with van der Waals surface area (Å²) in [5.74, 6) is -0.395. The predicted octanol–water partition coefficient (Wildman–Crippen LogP) is 3.03. The highest BCUT2D eigenvalue weighted by atomic mass is 16.1. The summed E-state index contributed by atoms with van der Waals surface area (Å²) >= 11 is 0. The van der Waals surface area contributed by atoms with E-state index in [1.54, 1.807) is 12.4 Å². The summed E-state index contributed by atoms with van der Waals surface area (Å²) in [5, 5.41) is 0. The normalized spacial score (nSPS) is 10.4. The van der Waals surface area contributed by atoms with E-state index in [9.17, 15) is 4.79 Å². The Morgan fingerprint density at radius 3 is 2.43 bits per heavy atom. The average Bonchev–Trinajstić information content (AvgIpc) is 2.61. The predicted molar refractivity (Wildman–Crippen MR) is 89.8 cm³/mol. The van der Waals surface area contributed by atoms with Crippen LogP contribution in [-0.4, -0.2) is 15.9 Å². The van der Waals surface area contributed by atoms with Gasteiger partial charge in [0.15, 0.2) is 0 Å². The minimum absolute atomic E-state index is 0.395. The van der Waals surface area contributed by atoms with Crippen molar-refractivity contribution >= 4 is 5.91 Å². The van der Waals surface area contributed by atoms with Crippen LogP contribution in [0.15, 0.2) is 67.0 Å². The van der Waals surface area contributed by atoms with Gasteiger partial charge in [-0.15, -0.1) is 0 Å². The van der Waals surface area contributed by atoms with Crippen LogP contribution in [0.2, 0.25) is 0 Å². The first kappa shape index (κ1) is 14.9. The zero-order chi connectivity index (χ0) is 16.1. The molecule has 0 bridgehead atoms. The Balaban J connectivity index is 1.78. The first-order valence-electron chi connectivity index (χ1n) is 7.48. The lowest BCUT2D eigenvalue weighted by Gasteiger charge is -2.07. The van der Waals surface area contributed by atoms with E-state index in [2.05, 4.69) is 9.97 Å². The zero-order valence-corrected chi connectivity index (χ0v) is 12.6. The summed E-state index contributed by atoms with van der Waals surface area (Å²) in [5.41, 5.74) is 9.85. The first-order chi connectivity index (χ1) is 11.2. The molecule has 1 aromatic heterocycles. The second-order valence-corrected chi connectivity index (χ2v) is 5.28. The largest absolute Gasteiger partial charge is 0.366 e. The Bertz CT molecular complexity index is 816. The number of carbonyl (C=O) groups is 1. The molecule has 0 aliphatic heterocycles. The number of aryl methyl sites for hydroxylation is 2. The number of hydrogen-bond acceptors (Lipinski definition) is 3. The highest BCUT2D eigenvalue weighted by Gasteiger charge is 2.08. The van der Waals surface area contributed by atoms with E-state index in [-0.39, 0.29) is 0 Å². The molecule has 0 fully saturated rings. The van der Waals surface area contributed by atoms with Gasteiger partial charge in [-0.05, 0) is 30.5 Å². The fraction of sp³-hybridized carbons (Fsp3) is 0.105. The molecule has 0 unspecified atom stereocenters. The Morgan fingerprint density at radius 1 is 0.913 bits per heavy atom. The molecule has 2 aromatic carbocycles. The fourth-order valence-corrected chi connectivity index (χ4v) is 2.54. The second-order valence-electron chi connectivity index (χ2n) is 5.28. The molecular weight excluding hydrogens is 286 g/mol. The van der Waals surface area contributed by atoms with Crippen LogP contribution in [0.4, 0.5) is 0 Å². The number of amides is 1. The highest BCUT2D eigenvalue weighted by molar-refractivity contribution is 5.94. The van der Waals surface area contributed by atoms with Gasteiger partial charge in [-0.2, -0.15) is 0 Å². The van der Waals surface area contributed by atoms with E-state index < -0.39 is 5.91 Å². The third-order valence-corrected chi connectivity index (χ3v) is 3.73. The second kappa shape index (κ2) is 6.83.